The largest absolute Gasteiger partial charge is 0.355 e. The van der Waals surface area contributed by atoms with Crippen LogP contribution < -0.4 is 10.6 Å². The van der Waals surface area contributed by atoms with Crippen molar-refractivity contribution in [3.05, 3.63) is 53.1 Å². The first-order valence-corrected chi connectivity index (χ1v) is 9.67. The number of nitrogens with one attached hydrogen (secondary N) is 2. The number of anilines is 3. The highest BCUT2D eigenvalue weighted by molar-refractivity contribution is 6.04. The molecule has 2 aliphatic rings. The summed E-state index contributed by atoms with van der Waals surface area (Å²) in [6.07, 6.45) is 3.73. The maximum Gasteiger partial charge on any atom is 0.224 e. The van der Waals surface area contributed by atoms with Crippen LogP contribution in [0.4, 0.5) is 17.1 Å². The van der Waals surface area contributed by atoms with Crippen LogP contribution in [0.2, 0.25) is 0 Å². The Labute approximate surface area is 160 Å². The smallest absolute Gasteiger partial charge is 0.224 e. The Morgan fingerprint density at radius 3 is 2.59 bits per heavy atom. The number of hydrogen-bond donors (Lipinski definition) is 2. The van der Waals surface area contributed by atoms with Crippen LogP contribution >= 0.6 is 0 Å². The van der Waals surface area contributed by atoms with Crippen LogP contribution in [0.5, 0.6) is 0 Å². The van der Waals surface area contributed by atoms with Crippen molar-refractivity contribution in [3.63, 3.8) is 0 Å². The van der Waals surface area contributed by atoms with Crippen LogP contribution in [-0.4, -0.2) is 11.7 Å². The van der Waals surface area contributed by atoms with Gasteiger partial charge in [0.1, 0.15) is 0 Å². The fourth-order valence-electron chi connectivity index (χ4n) is 3.75. The highest BCUT2D eigenvalue weighted by atomic mass is 16.1. The number of amides is 1. The minimum atomic E-state index is -0.317. The van der Waals surface area contributed by atoms with Gasteiger partial charge in [0, 0.05) is 34.5 Å². The molecule has 4 heteroatoms. The third-order valence-corrected chi connectivity index (χ3v) is 5.57. The van der Waals surface area contributed by atoms with Gasteiger partial charge in [0.25, 0.3) is 0 Å². The van der Waals surface area contributed by atoms with E-state index < -0.39 is 0 Å². The van der Waals surface area contributed by atoms with E-state index in [0.717, 1.165) is 40.2 Å². The lowest BCUT2D eigenvalue weighted by Gasteiger charge is -2.13. The fraction of sp³-hybridized carbons (Fsp3) is 0.391. The minimum absolute atomic E-state index is 0.0885. The van der Waals surface area contributed by atoms with Gasteiger partial charge in [0.05, 0.1) is 0 Å². The molecule has 4 rings (SSSR count). The second-order valence-corrected chi connectivity index (χ2v) is 8.61. The predicted octanol–water partition coefficient (Wildman–Crippen LogP) is 5.24. The van der Waals surface area contributed by atoms with Crippen molar-refractivity contribution in [2.45, 2.75) is 46.5 Å². The summed E-state index contributed by atoms with van der Waals surface area (Å²) in [5, 5.41) is 6.45. The molecular formula is C23H26N2O2. The summed E-state index contributed by atoms with van der Waals surface area (Å²) in [7, 11) is 0. The summed E-state index contributed by atoms with van der Waals surface area (Å²) in [6, 6.07) is 11.9. The summed E-state index contributed by atoms with van der Waals surface area (Å²) < 4.78 is 0. The van der Waals surface area contributed by atoms with Gasteiger partial charge in [0.2, 0.25) is 5.91 Å². The number of rotatable bonds is 5. The molecular weight excluding hydrogens is 336 g/mol. The Balaban J connectivity index is 1.52. The lowest BCUT2D eigenvalue weighted by Crippen LogP contribution is -2.18. The molecule has 1 fully saturated rings. The van der Waals surface area contributed by atoms with Gasteiger partial charge in [-0.05, 0) is 73.6 Å². The van der Waals surface area contributed by atoms with Crippen LogP contribution in [0.15, 0.2) is 36.4 Å². The van der Waals surface area contributed by atoms with Crippen molar-refractivity contribution >= 4 is 28.8 Å². The van der Waals surface area contributed by atoms with Gasteiger partial charge < -0.3 is 10.6 Å². The van der Waals surface area contributed by atoms with Crippen molar-refractivity contribution in [2.75, 3.05) is 10.6 Å². The summed E-state index contributed by atoms with van der Waals surface area (Å²) >= 11 is 0. The van der Waals surface area contributed by atoms with Crippen LogP contribution in [0, 0.1) is 18.3 Å². The van der Waals surface area contributed by atoms with E-state index in [-0.39, 0.29) is 17.1 Å². The van der Waals surface area contributed by atoms with Crippen molar-refractivity contribution < 1.29 is 9.59 Å². The van der Waals surface area contributed by atoms with Crippen LogP contribution in [-0.2, 0) is 11.2 Å². The summed E-state index contributed by atoms with van der Waals surface area (Å²) in [5.74, 6) is 0.887. The third kappa shape index (κ3) is 3.75. The molecule has 140 valence electrons. The molecule has 4 nitrogen and oxygen atoms in total. The van der Waals surface area contributed by atoms with E-state index in [0.29, 0.717) is 12.3 Å². The van der Waals surface area contributed by atoms with Gasteiger partial charge in [0.15, 0.2) is 5.78 Å². The minimum Gasteiger partial charge on any atom is -0.355 e. The Kier molecular flexibility index (Phi) is 4.29. The predicted molar refractivity (Wildman–Crippen MR) is 109 cm³/mol. The molecule has 0 saturated heterocycles. The van der Waals surface area contributed by atoms with Crippen LogP contribution in [0.1, 0.15) is 54.6 Å². The molecule has 0 atom stereocenters. The first kappa shape index (κ1) is 17.8. The lowest BCUT2D eigenvalue weighted by molar-refractivity contribution is -0.116. The normalized spacial score (nSPS) is 17.5. The van der Waals surface area contributed by atoms with Crippen molar-refractivity contribution in [3.8, 4) is 0 Å². The van der Waals surface area contributed by atoms with Gasteiger partial charge in [-0.15, -0.1) is 0 Å². The van der Waals surface area contributed by atoms with E-state index in [2.05, 4.69) is 16.7 Å². The Hall–Kier alpha value is -2.62. The number of ketones is 1. The van der Waals surface area contributed by atoms with Gasteiger partial charge in [-0.3, -0.25) is 9.59 Å². The molecule has 0 radical (unpaired) electrons. The Morgan fingerprint density at radius 2 is 1.85 bits per heavy atom. The van der Waals surface area contributed by atoms with Crippen molar-refractivity contribution in [1.29, 1.82) is 0 Å². The molecule has 0 spiro atoms. The molecule has 0 bridgehead atoms. The van der Waals surface area contributed by atoms with Crippen LogP contribution in [0.25, 0.3) is 0 Å². The quantitative estimate of drug-likeness (QED) is 0.764. The van der Waals surface area contributed by atoms with E-state index in [1.54, 1.807) is 0 Å². The molecule has 0 aliphatic heterocycles. The number of carbonyl (C=O) groups is 2. The molecule has 1 saturated carbocycles. The third-order valence-electron chi connectivity index (χ3n) is 5.57. The lowest BCUT2D eigenvalue weighted by atomic mass is 9.89. The molecule has 0 heterocycles. The maximum atomic E-state index is 12.4. The number of hydrogen-bond acceptors (Lipinski definition) is 3. The van der Waals surface area contributed by atoms with Gasteiger partial charge in [-0.25, -0.2) is 0 Å². The first-order chi connectivity index (χ1) is 12.8. The van der Waals surface area contributed by atoms with Gasteiger partial charge >= 0.3 is 0 Å². The number of aryl methyl sites for hydroxylation is 1. The number of carbonyl (C=O) groups excluding carboxylic acids is 2. The van der Waals surface area contributed by atoms with E-state index in [9.17, 15) is 9.59 Å². The standard InChI is InChI=1S/C23H26N2O2/c1-14-4-7-18(25-21(26)10-15-5-6-15)12-20(14)24-17-8-9-19-16(11-17)13-23(2,3)22(19)27/h4,7-9,11-12,15,24H,5-6,10,13H2,1-3H3,(H,25,26). The first-order valence-electron chi connectivity index (χ1n) is 9.67. The zero-order valence-electron chi connectivity index (χ0n) is 16.2. The molecule has 0 aromatic heterocycles. The van der Waals surface area contributed by atoms with E-state index in [4.69, 9.17) is 0 Å². The molecule has 2 N–H and O–H groups in total. The molecule has 0 unspecified atom stereocenters. The second-order valence-electron chi connectivity index (χ2n) is 8.61. The number of fused-ring (bicyclic) bond motifs is 1. The summed E-state index contributed by atoms with van der Waals surface area (Å²) in [5.41, 5.74) is 5.46. The van der Waals surface area contributed by atoms with E-state index >= 15 is 0 Å². The number of Topliss-reactive ketones (excluding diaryl/α,β-unsaturated/α-hetero) is 1. The average Bonchev–Trinajstić information content (AvgIpc) is 3.37. The maximum absolute atomic E-state index is 12.4. The molecule has 2 aromatic rings. The zero-order valence-corrected chi connectivity index (χ0v) is 16.2. The molecule has 2 aliphatic carbocycles. The van der Waals surface area contributed by atoms with Crippen molar-refractivity contribution in [2.24, 2.45) is 11.3 Å². The van der Waals surface area contributed by atoms with Crippen LogP contribution in [0.3, 0.4) is 0 Å². The summed E-state index contributed by atoms with van der Waals surface area (Å²) in [6.45, 7) is 6.04. The van der Waals surface area contributed by atoms with E-state index in [1.165, 1.54) is 12.8 Å². The molecule has 27 heavy (non-hydrogen) atoms. The highest BCUT2D eigenvalue weighted by Gasteiger charge is 2.37. The Morgan fingerprint density at radius 1 is 1.11 bits per heavy atom. The Bertz CT molecular complexity index is 926. The topological polar surface area (TPSA) is 58.2 Å². The zero-order chi connectivity index (χ0) is 19.2. The monoisotopic (exact) mass is 362 g/mol. The van der Waals surface area contributed by atoms with Gasteiger partial charge in [-0.1, -0.05) is 19.9 Å². The van der Waals surface area contributed by atoms with E-state index in [1.807, 2.05) is 51.1 Å². The average molecular weight is 362 g/mol. The molecule has 2 aromatic carbocycles. The second kappa shape index (κ2) is 6.52. The summed E-state index contributed by atoms with van der Waals surface area (Å²) in [4.78, 5) is 24.5. The fourth-order valence-corrected chi connectivity index (χ4v) is 3.75. The van der Waals surface area contributed by atoms with Crippen molar-refractivity contribution in [1.82, 2.24) is 0 Å². The number of benzene rings is 2. The highest BCUT2D eigenvalue weighted by Crippen LogP contribution is 2.38. The van der Waals surface area contributed by atoms with Gasteiger partial charge in [-0.2, -0.15) is 0 Å². The SMILES string of the molecule is Cc1ccc(NC(=O)CC2CC2)cc1Nc1ccc2c(c1)CC(C)(C)C2=O. The molecule has 1 amide bonds.